The number of aliphatic hydroxyl groups excluding tert-OH is 1. The van der Waals surface area contributed by atoms with Crippen molar-refractivity contribution in [3.63, 3.8) is 0 Å². The topological polar surface area (TPSA) is 86.2 Å². The molecule has 0 aliphatic heterocycles. The van der Waals surface area contributed by atoms with E-state index in [9.17, 15) is 15.0 Å². The number of thiazole rings is 1. The molecule has 3 aromatic heterocycles. The number of aromatic hydroxyl groups is 1. The second-order valence-electron chi connectivity index (χ2n) is 6.39. The highest BCUT2D eigenvalue weighted by atomic mass is 32.1. The Hall–Kier alpha value is -3.00. The lowest BCUT2D eigenvalue weighted by atomic mass is 9.96. The number of aromatic amines is 1. The summed E-state index contributed by atoms with van der Waals surface area (Å²) in [4.78, 5) is 19.3. The molecule has 0 aliphatic rings. The Kier molecular flexibility index (Phi) is 4.01. The summed E-state index contributed by atoms with van der Waals surface area (Å²) in [5.41, 5.74) is 2.74. The van der Waals surface area contributed by atoms with Crippen molar-refractivity contribution in [2.24, 2.45) is 0 Å². The zero-order chi connectivity index (χ0) is 19.3. The SMILES string of the molecule is O=c1[nH]c2ccc(O)c(-c3ccc(C(O)c4nccs4)cc3)c2c2ccsc12. The van der Waals surface area contributed by atoms with E-state index in [-0.39, 0.29) is 11.3 Å². The van der Waals surface area contributed by atoms with E-state index in [1.54, 1.807) is 18.3 Å². The van der Waals surface area contributed by atoms with Gasteiger partial charge in [-0.2, -0.15) is 0 Å². The van der Waals surface area contributed by atoms with Gasteiger partial charge in [0, 0.05) is 33.4 Å². The lowest BCUT2D eigenvalue weighted by molar-refractivity contribution is 0.220. The highest BCUT2D eigenvalue weighted by Crippen LogP contribution is 2.40. The van der Waals surface area contributed by atoms with Gasteiger partial charge in [0.05, 0.1) is 0 Å². The average Bonchev–Trinajstić information content (AvgIpc) is 3.40. The Bertz CT molecular complexity index is 1350. The van der Waals surface area contributed by atoms with Crippen molar-refractivity contribution < 1.29 is 10.2 Å². The molecule has 0 fully saturated rings. The van der Waals surface area contributed by atoms with Gasteiger partial charge in [-0.25, -0.2) is 4.98 Å². The van der Waals surface area contributed by atoms with Crippen molar-refractivity contribution in [2.75, 3.05) is 0 Å². The number of pyridine rings is 1. The van der Waals surface area contributed by atoms with Gasteiger partial charge in [0.1, 0.15) is 21.6 Å². The van der Waals surface area contributed by atoms with Gasteiger partial charge >= 0.3 is 0 Å². The number of nitrogens with zero attached hydrogens (tertiary/aromatic N) is 1. The largest absolute Gasteiger partial charge is 0.507 e. The van der Waals surface area contributed by atoms with Crippen LogP contribution in [0.4, 0.5) is 0 Å². The molecule has 28 heavy (non-hydrogen) atoms. The van der Waals surface area contributed by atoms with Gasteiger partial charge in [0.25, 0.3) is 5.56 Å². The van der Waals surface area contributed by atoms with E-state index in [0.717, 1.165) is 21.9 Å². The predicted octanol–water partition coefficient (Wildman–Crippen LogP) is 4.65. The van der Waals surface area contributed by atoms with Crippen LogP contribution in [0.2, 0.25) is 0 Å². The van der Waals surface area contributed by atoms with Crippen LogP contribution in [0.5, 0.6) is 5.75 Å². The van der Waals surface area contributed by atoms with Crippen LogP contribution >= 0.6 is 22.7 Å². The molecule has 0 amide bonds. The Labute approximate surface area is 167 Å². The van der Waals surface area contributed by atoms with Gasteiger partial charge in [-0.3, -0.25) is 4.79 Å². The average molecular weight is 406 g/mol. The summed E-state index contributed by atoms with van der Waals surface area (Å²) >= 11 is 2.78. The van der Waals surface area contributed by atoms with E-state index in [1.165, 1.54) is 22.7 Å². The van der Waals surface area contributed by atoms with Crippen LogP contribution in [0, 0.1) is 0 Å². The van der Waals surface area contributed by atoms with E-state index in [1.807, 2.05) is 41.1 Å². The van der Waals surface area contributed by atoms with Gasteiger partial charge in [0.15, 0.2) is 0 Å². The fourth-order valence-corrected chi connectivity index (χ4v) is 4.92. The molecule has 5 aromatic rings. The van der Waals surface area contributed by atoms with Gasteiger partial charge in [-0.15, -0.1) is 22.7 Å². The summed E-state index contributed by atoms with van der Waals surface area (Å²) in [5.74, 6) is 0.139. The van der Waals surface area contributed by atoms with Crippen molar-refractivity contribution in [3.05, 3.63) is 80.3 Å². The van der Waals surface area contributed by atoms with Crippen LogP contribution in [0.25, 0.3) is 32.1 Å². The van der Waals surface area contributed by atoms with Crippen molar-refractivity contribution >= 4 is 43.7 Å². The van der Waals surface area contributed by atoms with Crippen LogP contribution in [0.15, 0.2) is 64.2 Å². The molecule has 7 heteroatoms. The summed E-state index contributed by atoms with van der Waals surface area (Å²) in [6.07, 6.45) is 0.883. The molecule has 0 bridgehead atoms. The predicted molar refractivity (Wildman–Crippen MR) is 113 cm³/mol. The number of hydrogen-bond acceptors (Lipinski definition) is 6. The molecular formula is C21H14N2O3S2. The first-order valence-corrected chi connectivity index (χ1v) is 10.3. The van der Waals surface area contributed by atoms with Crippen LogP contribution in [-0.4, -0.2) is 20.2 Å². The number of phenols is 1. The van der Waals surface area contributed by atoms with Gasteiger partial charge in [0.2, 0.25) is 0 Å². The minimum Gasteiger partial charge on any atom is -0.507 e. The number of H-pyrrole nitrogens is 1. The molecule has 3 heterocycles. The summed E-state index contributed by atoms with van der Waals surface area (Å²) < 4.78 is 0.634. The standard InChI is InChI=1S/C21H14N2O3S2/c24-15-6-5-14-17(13-7-9-27-19(13)20(26)23-14)16(15)11-1-3-12(4-2-11)18(25)21-22-8-10-28-21/h1-10,18,24-25H,(H,23,26). The first kappa shape index (κ1) is 17.1. The maximum atomic E-state index is 12.3. The molecule has 0 spiro atoms. The number of thiophene rings is 1. The molecule has 2 aromatic carbocycles. The first-order valence-electron chi connectivity index (χ1n) is 8.56. The van der Waals surface area contributed by atoms with E-state index >= 15 is 0 Å². The zero-order valence-electron chi connectivity index (χ0n) is 14.4. The highest BCUT2D eigenvalue weighted by Gasteiger charge is 2.17. The molecule has 0 aliphatic carbocycles. The number of rotatable bonds is 3. The number of aliphatic hydroxyl groups is 1. The summed E-state index contributed by atoms with van der Waals surface area (Å²) in [6, 6.07) is 12.6. The molecular weight excluding hydrogens is 392 g/mol. The Morgan fingerprint density at radius 2 is 1.82 bits per heavy atom. The second-order valence-corrected chi connectivity index (χ2v) is 8.24. The Morgan fingerprint density at radius 3 is 2.57 bits per heavy atom. The third kappa shape index (κ3) is 2.63. The fourth-order valence-electron chi connectivity index (χ4n) is 3.47. The fraction of sp³-hybridized carbons (Fsp3) is 0.0476. The van der Waals surface area contributed by atoms with Crippen molar-refractivity contribution in [2.45, 2.75) is 6.10 Å². The molecule has 3 N–H and O–H groups in total. The highest BCUT2D eigenvalue weighted by molar-refractivity contribution is 7.17. The smallest absolute Gasteiger partial charge is 0.266 e. The molecule has 1 unspecified atom stereocenters. The van der Waals surface area contributed by atoms with E-state index < -0.39 is 6.10 Å². The summed E-state index contributed by atoms with van der Waals surface area (Å²) in [7, 11) is 0. The van der Waals surface area contributed by atoms with Gasteiger partial charge in [-0.1, -0.05) is 24.3 Å². The summed E-state index contributed by atoms with van der Waals surface area (Å²) in [5, 5.41) is 27.1. The van der Waals surface area contributed by atoms with E-state index in [2.05, 4.69) is 9.97 Å². The molecule has 0 saturated carbocycles. The number of benzene rings is 2. The zero-order valence-corrected chi connectivity index (χ0v) is 16.1. The number of aromatic nitrogens is 2. The Morgan fingerprint density at radius 1 is 1.00 bits per heavy atom. The lowest BCUT2D eigenvalue weighted by Crippen LogP contribution is -2.04. The third-order valence-electron chi connectivity index (χ3n) is 4.77. The first-order chi connectivity index (χ1) is 13.6. The molecule has 0 radical (unpaired) electrons. The normalized spacial score (nSPS) is 12.6. The van der Waals surface area contributed by atoms with Crippen LogP contribution in [0.3, 0.4) is 0 Å². The van der Waals surface area contributed by atoms with Crippen LogP contribution in [-0.2, 0) is 0 Å². The lowest BCUT2D eigenvalue weighted by Gasteiger charge is -2.13. The maximum Gasteiger partial charge on any atom is 0.266 e. The molecule has 0 saturated heterocycles. The minimum absolute atomic E-state index is 0.129. The quantitative estimate of drug-likeness (QED) is 0.407. The number of phenolic OH excluding ortho intramolecular Hbond substituents is 1. The summed E-state index contributed by atoms with van der Waals surface area (Å²) in [6.45, 7) is 0. The minimum atomic E-state index is -0.782. The third-order valence-corrected chi connectivity index (χ3v) is 6.51. The van der Waals surface area contributed by atoms with Crippen LogP contribution in [0.1, 0.15) is 16.7 Å². The monoisotopic (exact) mass is 406 g/mol. The van der Waals surface area contributed by atoms with Crippen LogP contribution < -0.4 is 5.56 Å². The number of hydrogen-bond donors (Lipinski definition) is 3. The van der Waals surface area contributed by atoms with Gasteiger partial charge in [-0.05, 0) is 34.7 Å². The Balaban J connectivity index is 1.70. The molecule has 1 atom stereocenters. The van der Waals surface area contributed by atoms with Crippen molar-refractivity contribution in [1.82, 2.24) is 9.97 Å². The molecule has 5 rings (SSSR count). The second kappa shape index (κ2) is 6.56. The maximum absolute atomic E-state index is 12.3. The van der Waals surface area contributed by atoms with Crippen molar-refractivity contribution in [3.8, 4) is 16.9 Å². The number of fused-ring (bicyclic) bond motifs is 3. The van der Waals surface area contributed by atoms with E-state index in [4.69, 9.17) is 0 Å². The molecule has 138 valence electrons. The van der Waals surface area contributed by atoms with Gasteiger partial charge < -0.3 is 15.2 Å². The molecule has 5 nitrogen and oxygen atoms in total. The number of nitrogens with one attached hydrogen (secondary N) is 1. The van der Waals surface area contributed by atoms with Crippen molar-refractivity contribution in [1.29, 1.82) is 0 Å². The van der Waals surface area contributed by atoms with E-state index in [0.29, 0.717) is 20.8 Å².